The Morgan fingerprint density at radius 2 is 1.89 bits per heavy atom. The van der Waals surface area contributed by atoms with Gasteiger partial charge in [0.2, 0.25) is 17.1 Å². The maximum absolute atomic E-state index is 11.8. The van der Waals surface area contributed by atoms with E-state index in [0.29, 0.717) is 5.69 Å². The smallest absolute Gasteiger partial charge is 0.322 e. The first-order chi connectivity index (χ1) is 9.11. The van der Waals surface area contributed by atoms with Gasteiger partial charge in [0.1, 0.15) is 0 Å². The van der Waals surface area contributed by atoms with E-state index in [9.17, 15) is 4.79 Å². The Morgan fingerprint density at radius 3 is 2.47 bits per heavy atom. The SMILES string of the molecule is COc1nc(Cl)nc(N(C(C)=O)c2ccccc2)n1. The summed E-state index contributed by atoms with van der Waals surface area (Å²) in [5, 5.41) is -0.0379. The van der Waals surface area contributed by atoms with Crippen molar-refractivity contribution in [3.8, 4) is 6.01 Å². The molecule has 2 aromatic rings. The molecule has 2 rings (SSSR count). The van der Waals surface area contributed by atoms with Crippen molar-refractivity contribution in [3.05, 3.63) is 35.6 Å². The summed E-state index contributed by atoms with van der Waals surface area (Å²) in [4.78, 5) is 24.9. The number of halogens is 1. The monoisotopic (exact) mass is 278 g/mol. The van der Waals surface area contributed by atoms with Gasteiger partial charge in [-0.25, -0.2) is 4.90 Å². The molecule has 1 aromatic carbocycles. The maximum Gasteiger partial charge on any atom is 0.322 e. The maximum atomic E-state index is 11.8. The van der Waals surface area contributed by atoms with Crippen LogP contribution in [0.2, 0.25) is 5.28 Å². The molecule has 0 N–H and O–H groups in total. The van der Waals surface area contributed by atoms with E-state index < -0.39 is 0 Å². The second-order valence-electron chi connectivity index (χ2n) is 3.58. The number of methoxy groups -OCH3 is 1. The van der Waals surface area contributed by atoms with E-state index in [-0.39, 0.29) is 23.1 Å². The van der Waals surface area contributed by atoms with Crippen LogP contribution in [-0.4, -0.2) is 28.0 Å². The molecule has 1 aromatic heterocycles. The molecule has 0 bridgehead atoms. The van der Waals surface area contributed by atoms with Crippen LogP contribution in [0, 0.1) is 0 Å². The molecule has 0 spiro atoms. The van der Waals surface area contributed by atoms with Gasteiger partial charge in [-0.3, -0.25) is 4.79 Å². The zero-order chi connectivity index (χ0) is 13.8. The Bertz CT molecular complexity index is 592. The van der Waals surface area contributed by atoms with Crippen LogP contribution in [0.3, 0.4) is 0 Å². The predicted molar refractivity (Wildman–Crippen MR) is 70.7 cm³/mol. The van der Waals surface area contributed by atoms with Crippen LogP contribution in [0.1, 0.15) is 6.92 Å². The number of hydrogen-bond donors (Lipinski definition) is 0. The zero-order valence-electron chi connectivity index (χ0n) is 10.4. The van der Waals surface area contributed by atoms with E-state index in [2.05, 4.69) is 15.0 Å². The van der Waals surface area contributed by atoms with Crippen molar-refractivity contribution >= 4 is 29.1 Å². The number of nitrogens with zero attached hydrogens (tertiary/aromatic N) is 4. The zero-order valence-corrected chi connectivity index (χ0v) is 11.1. The quantitative estimate of drug-likeness (QED) is 0.861. The fourth-order valence-electron chi connectivity index (χ4n) is 1.53. The van der Waals surface area contributed by atoms with Gasteiger partial charge in [0.25, 0.3) is 0 Å². The minimum atomic E-state index is -0.240. The molecule has 0 aliphatic carbocycles. The molecule has 1 heterocycles. The molecule has 6 nitrogen and oxygen atoms in total. The highest BCUT2D eigenvalue weighted by Gasteiger charge is 2.19. The summed E-state index contributed by atoms with van der Waals surface area (Å²) in [7, 11) is 1.41. The number of aromatic nitrogens is 3. The molecule has 0 aliphatic rings. The summed E-state index contributed by atoms with van der Waals surface area (Å²) < 4.78 is 4.92. The van der Waals surface area contributed by atoms with Crippen molar-refractivity contribution in [1.82, 2.24) is 15.0 Å². The van der Waals surface area contributed by atoms with Crippen molar-refractivity contribution < 1.29 is 9.53 Å². The van der Waals surface area contributed by atoms with Crippen molar-refractivity contribution in [1.29, 1.82) is 0 Å². The van der Waals surface area contributed by atoms with Crippen LogP contribution in [0.15, 0.2) is 30.3 Å². The van der Waals surface area contributed by atoms with E-state index in [1.54, 1.807) is 12.1 Å². The third kappa shape index (κ3) is 2.97. The Kier molecular flexibility index (Phi) is 3.91. The third-order valence-electron chi connectivity index (χ3n) is 2.29. The molecule has 98 valence electrons. The topological polar surface area (TPSA) is 68.2 Å². The first-order valence-electron chi connectivity index (χ1n) is 5.43. The Hall–Kier alpha value is -2.21. The van der Waals surface area contributed by atoms with E-state index in [1.807, 2.05) is 18.2 Å². The second kappa shape index (κ2) is 5.62. The first-order valence-corrected chi connectivity index (χ1v) is 5.81. The normalized spacial score (nSPS) is 10.1. The molecule has 0 saturated carbocycles. The number of rotatable bonds is 3. The summed E-state index contributed by atoms with van der Waals surface area (Å²) in [6, 6.07) is 9.06. The standard InChI is InChI=1S/C12H11ClN4O2/c1-8(18)17(9-6-4-3-5-7-9)11-14-10(13)15-12(16-11)19-2/h3-7H,1-2H3. The van der Waals surface area contributed by atoms with Crippen molar-refractivity contribution in [3.63, 3.8) is 0 Å². The fraction of sp³-hybridized carbons (Fsp3) is 0.167. The number of carbonyl (C=O) groups is 1. The number of benzene rings is 1. The molecule has 0 radical (unpaired) electrons. The van der Waals surface area contributed by atoms with Crippen LogP contribution in [0.4, 0.5) is 11.6 Å². The van der Waals surface area contributed by atoms with Gasteiger partial charge in [0.15, 0.2) is 0 Å². The van der Waals surface area contributed by atoms with Gasteiger partial charge in [-0.05, 0) is 23.7 Å². The summed E-state index contributed by atoms with van der Waals surface area (Å²) in [5.74, 6) is -0.119. The number of anilines is 2. The van der Waals surface area contributed by atoms with Gasteiger partial charge in [-0.2, -0.15) is 15.0 Å². The summed E-state index contributed by atoms with van der Waals surface area (Å²) in [6.07, 6.45) is 0. The van der Waals surface area contributed by atoms with Crippen LogP contribution in [0.5, 0.6) is 6.01 Å². The number of carbonyl (C=O) groups excluding carboxylic acids is 1. The highest BCUT2D eigenvalue weighted by atomic mass is 35.5. The average Bonchev–Trinajstić information content (AvgIpc) is 2.39. The lowest BCUT2D eigenvalue weighted by Gasteiger charge is -2.18. The molecule has 19 heavy (non-hydrogen) atoms. The molecule has 0 aliphatic heterocycles. The van der Waals surface area contributed by atoms with Gasteiger partial charge in [0, 0.05) is 6.92 Å². The summed E-state index contributed by atoms with van der Waals surface area (Å²) in [5.41, 5.74) is 0.638. The molecule has 0 unspecified atom stereocenters. The van der Waals surface area contributed by atoms with Gasteiger partial charge in [0.05, 0.1) is 12.8 Å². The largest absolute Gasteiger partial charge is 0.467 e. The number of ether oxygens (including phenoxy) is 1. The van der Waals surface area contributed by atoms with E-state index in [1.165, 1.54) is 18.9 Å². The molecule has 0 atom stereocenters. The molecule has 0 fully saturated rings. The minimum absolute atomic E-state index is 0.0379. The molecular weight excluding hydrogens is 268 g/mol. The minimum Gasteiger partial charge on any atom is -0.467 e. The second-order valence-corrected chi connectivity index (χ2v) is 3.92. The number of hydrogen-bond acceptors (Lipinski definition) is 5. The van der Waals surface area contributed by atoms with Crippen molar-refractivity contribution in [2.45, 2.75) is 6.92 Å². The lowest BCUT2D eigenvalue weighted by molar-refractivity contribution is -0.115. The number of amides is 1. The van der Waals surface area contributed by atoms with Gasteiger partial charge >= 0.3 is 6.01 Å². The van der Waals surface area contributed by atoms with Gasteiger partial charge in [-0.15, -0.1) is 0 Å². The average molecular weight is 279 g/mol. The summed E-state index contributed by atoms with van der Waals surface area (Å²) >= 11 is 5.78. The third-order valence-corrected chi connectivity index (χ3v) is 2.46. The molecule has 7 heteroatoms. The molecule has 0 saturated heterocycles. The van der Waals surface area contributed by atoms with Crippen molar-refractivity contribution in [2.24, 2.45) is 0 Å². The highest BCUT2D eigenvalue weighted by molar-refractivity contribution is 6.28. The number of para-hydroxylation sites is 1. The van der Waals surface area contributed by atoms with Crippen LogP contribution in [0.25, 0.3) is 0 Å². The van der Waals surface area contributed by atoms with E-state index >= 15 is 0 Å². The lowest BCUT2D eigenvalue weighted by Crippen LogP contribution is -2.25. The molecular formula is C12H11ClN4O2. The van der Waals surface area contributed by atoms with E-state index in [4.69, 9.17) is 16.3 Å². The Balaban J connectivity index is 2.51. The lowest BCUT2D eigenvalue weighted by atomic mass is 10.3. The summed E-state index contributed by atoms with van der Waals surface area (Å²) in [6.45, 7) is 1.41. The first kappa shape index (κ1) is 13.2. The van der Waals surface area contributed by atoms with Crippen molar-refractivity contribution in [2.75, 3.05) is 12.0 Å². The van der Waals surface area contributed by atoms with Crippen LogP contribution >= 0.6 is 11.6 Å². The highest BCUT2D eigenvalue weighted by Crippen LogP contribution is 2.24. The van der Waals surface area contributed by atoms with Crippen LogP contribution < -0.4 is 9.64 Å². The Labute approximate surface area is 115 Å². The molecule has 1 amide bonds. The van der Waals surface area contributed by atoms with Gasteiger partial charge in [-0.1, -0.05) is 18.2 Å². The fourth-order valence-corrected chi connectivity index (χ4v) is 1.68. The predicted octanol–water partition coefficient (Wildman–Crippen LogP) is 2.22. The van der Waals surface area contributed by atoms with E-state index in [0.717, 1.165) is 0 Å². The van der Waals surface area contributed by atoms with Gasteiger partial charge < -0.3 is 4.74 Å². The van der Waals surface area contributed by atoms with Crippen LogP contribution in [-0.2, 0) is 4.79 Å². The Morgan fingerprint density at radius 1 is 1.21 bits per heavy atom.